The van der Waals surface area contributed by atoms with Crippen LogP contribution in [0.15, 0.2) is 12.3 Å². The molecule has 1 aromatic heterocycles. The highest BCUT2D eigenvalue weighted by atomic mass is 15.3. The maximum absolute atomic E-state index is 4.33. The number of nitrogens with one attached hydrogen (secondary N) is 1. The van der Waals surface area contributed by atoms with Gasteiger partial charge in [-0.2, -0.15) is 5.10 Å². The van der Waals surface area contributed by atoms with Gasteiger partial charge in [-0.3, -0.25) is 4.68 Å². The highest BCUT2D eigenvalue weighted by Crippen LogP contribution is 2.30. The van der Waals surface area contributed by atoms with Crippen LogP contribution in [0.25, 0.3) is 0 Å². The van der Waals surface area contributed by atoms with Crippen LogP contribution >= 0.6 is 0 Å². The van der Waals surface area contributed by atoms with E-state index < -0.39 is 0 Å². The van der Waals surface area contributed by atoms with Gasteiger partial charge in [0.25, 0.3) is 0 Å². The second-order valence-electron chi connectivity index (χ2n) is 5.98. The Morgan fingerprint density at radius 3 is 2.63 bits per heavy atom. The molecule has 1 N–H and O–H groups in total. The van der Waals surface area contributed by atoms with Crippen molar-refractivity contribution < 1.29 is 0 Å². The van der Waals surface area contributed by atoms with Crippen LogP contribution < -0.4 is 5.32 Å². The lowest BCUT2D eigenvalue weighted by atomic mass is 9.91. The standard InChI is InChI=1S/C16H29N3/c1-3-11-17-15(16-10-12-18-19(16)2)13-14-8-6-4-5-7-9-14/h10,12,14-15,17H,3-9,11,13H2,1-2H3. The Morgan fingerprint density at radius 2 is 2.05 bits per heavy atom. The summed E-state index contributed by atoms with van der Waals surface area (Å²) in [5, 5.41) is 8.05. The molecule has 19 heavy (non-hydrogen) atoms. The number of hydrogen-bond acceptors (Lipinski definition) is 2. The molecule has 0 radical (unpaired) electrons. The molecule has 1 heterocycles. The van der Waals surface area contributed by atoms with Crippen LogP contribution in [0.3, 0.4) is 0 Å². The summed E-state index contributed by atoms with van der Waals surface area (Å²) >= 11 is 0. The molecule has 1 aliphatic rings. The summed E-state index contributed by atoms with van der Waals surface area (Å²) in [4.78, 5) is 0. The number of hydrogen-bond donors (Lipinski definition) is 1. The van der Waals surface area contributed by atoms with Crippen LogP contribution in [0.4, 0.5) is 0 Å². The van der Waals surface area contributed by atoms with Gasteiger partial charge in [-0.15, -0.1) is 0 Å². The van der Waals surface area contributed by atoms with E-state index in [0.717, 1.165) is 12.5 Å². The van der Waals surface area contributed by atoms with Crippen LogP contribution in [-0.4, -0.2) is 16.3 Å². The zero-order chi connectivity index (χ0) is 13.5. The van der Waals surface area contributed by atoms with Gasteiger partial charge in [0, 0.05) is 19.3 Å². The van der Waals surface area contributed by atoms with E-state index in [0.29, 0.717) is 6.04 Å². The van der Waals surface area contributed by atoms with E-state index in [2.05, 4.69) is 30.5 Å². The van der Waals surface area contributed by atoms with Crippen LogP contribution in [-0.2, 0) is 7.05 Å². The minimum absolute atomic E-state index is 0.482. The quantitative estimate of drug-likeness (QED) is 0.791. The Hall–Kier alpha value is -0.830. The van der Waals surface area contributed by atoms with E-state index in [-0.39, 0.29) is 0 Å². The SMILES string of the molecule is CCCNC(CC1CCCCCC1)c1ccnn1C. The first kappa shape index (κ1) is 14.6. The maximum atomic E-state index is 4.33. The van der Waals surface area contributed by atoms with Gasteiger partial charge in [-0.25, -0.2) is 0 Å². The largest absolute Gasteiger partial charge is 0.309 e. The molecule has 0 amide bonds. The second-order valence-corrected chi connectivity index (χ2v) is 5.98. The van der Waals surface area contributed by atoms with Crippen molar-refractivity contribution in [3.63, 3.8) is 0 Å². The molecule has 3 heteroatoms. The molecule has 3 nitrogen and oxygen atoms in total. The molecule has 108 valence electrons. The predicted molar refractivity (Wildman–Crippen MR) is 80.1 cm³/mol. The zero-order valence-corrected chi connectivity index (χ0v) is 12.6. The summed E-state index contributed by atoms with van der Waals surface area (Å²) in [6, 6.07) is 2.65. The van der Waals surface area contributed by atoms with Crippen LogP contribution in [0.5, 0.6) is 0 Å². The number of aryl methyl sites for hydroxylation is 1. The van der Waals surface area contributed by atoms with Crippen molar-refractivity contribution >= 4 is 0 Å². The molecule has 1 fully saturated rings. The van der Waals surface area contributed by atoms with Crippen molar-refractivity contribution in [1.82, 2.24) is 15.1 Å². The lowest BCUT2D eigenvalue weighted by Gasteiger charge is -2.24. The minimum atomic E-state index is 0.482. The normalized spacial score (nSPS) is 19.3. The fourth-order valence-corrected chi connectivity index (χ4v) is 3.29. The molecule has 0 spiro atoms. The predicted octanol–water partition coefficient (Wildman–Crippen LogP) is 3.82. The van der Waals surface area contributed by atoms with Gasteiger partial charge in [-0.05, 0) is 31.4 Å². The van der Waals surface area contributed by atoms with E-state index >= 15 is 0 Å². The molecule has 1 saturated carbocycles. The van der Waals surface area contributed by atoms with Crippen LogP contribution in [0.2, 0.25) is 0 Å². The van der Waals surface area contributed by atoms with Crippen molar-refractivity contribution in [3.05, 3.63) is 18.0 Å². The highest BCUT2D eigenvalue weighted by molar-refractivity contribution is 5.07. The lowest BCUT2D eigenvalue weighted by molar-refractivity contribution is 0.346. The van der Waals surface area contributed by atoms with Crippen molar-refractivity contribution in [2.24, 2.45) is 13.0 Å². The Balaban J connectivity index is 1.98. The third-order valence-electron chi connectivity index (χ3n) is 4.40. The molecule has 1 atom stereocenters. The van der Waals surface area contributed by atoms with E-state index in [9.17, 15) is 0 Å². The molecular weight excluding hydrogens is 234 g/mol. The molecule has 1 aliphatic carbocycles. The van der Waals surface area contributed by atoms with Crippen molar-refractivity contribution in [3.8, 4) is 0 Å². The number of aromatic nitrogens is 2. The fraction of sp³-hybridized carbons (Fsp3) is 0.812. The maximum Gasteiger partial charge on any atom is 0.0550 e. The minimum Gasteiger partial charge on any atom is -0.309 e. The molecule has 0 bridgehead atoms. The molecule has 1 aromatic rings. The molecule has 2 rings (SSSR count). The average molecular weight is 263 g/mol. The van der Waals surface area contributed by atoms with Crippen LogP contribution in [0.1, 0.15) is 70.0 Å². The van der Waals surface area contributed by atoms with Crippen molar-refractivity contribution in [2.45, 2.75) is 64.3 Å². The zero-order valence-electron chi connectivity index (χ0n) is 12.6. The van der Waals surface area contributed by atoms with Crippen molar-refractivity contribution in [2.75, 3.05) is 6.54 Å². The van der Waals surface area contributed by atoms with Crippen molar-refractivity contribution in [1.29, 1.82) is 0 Å². The van der Waals surface area contributed by atoms with E-state index in [4.69, 9.17) is 0 Å². The molecular formula is C16H29N3. The van der Waals surface area contributed by atoms with Gasteiger partial charge >= 0.3 is 0 Å². The second kappa shape index (κ2) is 7.68. The van der Waals surface area contributed by atoms with Gasteiger partial charge in [-0.1, -0.05) is 45.4 Å². The van der Waals surface area contributed by atoms with Gasteiger partial charge in [0.2, 0.25) is 0 Å². The van der Waals surface area contributed by atoms with E-state index in [1.807, 2.05) is 10.9 Å². The smallest absolute Gasteiger partial charge is 0.0550 e. The van der Waals surface area contributed by atoms with Gasteiger partial charge in [0.15, 0.2) is 0 Å². The van der Waals surface area contributed by atoms with Gasteiger partial charge in [0.05, 0.1) is 5.69 Å². The molecule has 1 unspecified atom stereocenters. The summed E-state index contributed by atoms with van der Waals surface area (Å²) in [5.41, 5.74) is 1.35. The molecule has 0 aromatic carbocycles. The van der Waals surface area contributed by atoms with Gasteiger partial charge < -0.3 is 5.32 Å². The first-order valence-corrected chi connectivity index (χ1v) is 8.02. The summed E-state index contributed by atoms with van der Waals surface area (Å²) in [6.07, 6.45) is 13.0. The number of rotatable bonds is 6. The van der Waals surface area contributed by atoms with E-state index in [1.165, 1.54) is 57.1 Å². The monoisotopic (exact) mass is 263 g/mol. The van der Waals surface area contributed by atoms with E-state index in [1.54, 1.807) is 0 Å². The topological polar surface area (TPSA) is 29.9 Å². The first-order valence-electron chi connectivity index (χ1n) is 8.02. The average Bonchev–Trinajstić information content (AvgIpc) is 2.68. The third kappa shape index (κ3) is 4.34. The highest BCUT2D eigenvalue weighted by Gasteiger charge is 2.20. The molecule has 0 aliphatic heterocycles. The Kier molecular flexibility index (Phi) is 5.90. The third-order valence-corrected chi connectivity index (χ3v) is 4.40. The lowest BCUT2D eigenvalue weighted by Crippen LogP contribution is -2.26. The Bertz CT molecular complexity index is 351. The Labute approximate surface area is 117 Å². The molecule has 0 saturated heterocycles. The number of nitrogens with zero attached hydrogens (tertiary/aromatic N) is 2. The summed E-state index contributed by atoms with van der Waals surface area (Å²) in [7, 11) is 2.06. The fourth-order valence-electron chi connectivity index (χ4n) is 3.29. The summed E-state index contributed by atoms with van der Waals surface area (Å²) < 4.78 is 2.03. The Morgan fingerprint density at radius 1 is 1.32 bits per heavy atom. The van der Waals surface area contributed by atoms with Crippen LogP contribution in [0, 0.1) is 5.92 Å². The summed E-state index contributed by atoms with van der Waals surface area (Å²) in [6.45, 7) is 3.33. The first-order chi connectivity index (χ1) is 9.31. The van der Waals surface area contributed by atoms with Gasteiger partial charge in [0.1, 0.15) is 0 Å². The summed E-state index contributed by atoms with van der Waals surface area (Å²) in [5.74, 6) is 0.895.